The molecule has 118 valence electrons. The van der Waals surface area contributed by atoms with E-state index in [0.29, 0.717) is 5.69 Å². The third-order valence-electron chi connectivity index (χ3n) is 3.78. The Labute approximate surface area is 128 Å². The highest BCUT2D eigenvalue weighted by Crippen LogP contribution is 2.25. The molecule has 0 radical (unpaired) electrons. The van der Waals surface area contributed by atoms with Crippen LogP contribution in [-0.4, -0.2) is 24.2 Å². The summed E-state index contributed by atoms with van der Waals surface area (Å²) < 4.78 is 0. The first-order valence-corrected chi connectivity index (χ1v) is 7.97. The van der Waals surface area contributed by atoms with E-state index in [-0.39, 0.29) is 5.56 Å². The molecule has 1 aromatic rings. The highest BCUT2D eigenvalue weighted by molar-refractivity contribution is 5.90. The van der Waals surface area contributed by atoms with Crippen molar-refractivity contribution in [3.63, 3.8) is 0 Å². The van der Waals surface area contributed by atoms with Gasteiger partial charge in [-0.2, -0.15) is 0 Å². The van der Waals surface area contributed by atoms with Crippen LogP contribution in [0.15, 0.2) is 18.2 Å². The number of benzene rings is 1. The zero-order valence-electron chi connectivity index (χ0n) is 13.3. The molecule has 0 amide bonds. The van der Waals surface area contributed by atoms with Crippen molar-refractivity contribution in [3.8, 4) is 0 Å². The lowest BCUT2D eigenvalue weighted by Gasteiger charge is -2.24. The number of carboxylic acid groups (broad SMARTS) is 1. The first-order valence-electron chi connectivity index (χ1n) is 7.97. The number of anilines is 2. The van der Waals surface area contributed by atoms with Crippen LogP contribution in [0.4, 0.5) is 11.4 Å². The number of hydrogen-bond donors (Lipinski definition) is 2. The predicted octanol–water partition coefficient (Wildman–Crippen LogP) is 4.15. The Bertz CT molecular complexity index is 446. The van der Waals surface area contributed by atoms with Crippen molar-refractivity contribution in [3.05, 3.63) is 23.8 Å². The van der Waals surface area contributed by atoms with E-state index < -0.39 is 5.97 Å². The molecule has 4 nitrogen and oxygen atoms in total. The lowest BCUT2D eigenvalue weighted by Crippen LogP contribution is -2.25. The maximum Gasteiger partial charge on any atom is 0.335 e. The molecular weight excluding hydrogens is 264 g/mol. The van der Waals surface area contributed by atoms with Crippen molar-refractivity contribution in [2.24, 2.45) is 0 Å². The number of nitrogen functional groups attached to an aromatic ring is 1. The number of nitrogens with two attached hydrogens (primary N) is 1. The maximum atomic E-state index is 10.9. The summed E-state index contributed by atoms with van der Waals surface area (Å²) in [5.41, 5.74) is 7.73. The van der Waals surface area contributed by atoms with Gasteiger partial charge in [0.15, 0.2) is 0 Å². The number of carboxylic acids is 1. The Kier molecular flexibility index (Phi) is 7.65. The lowest BCUT2D eigenvalue weighted by molar-refractivity contribution is 0.0697. The summed E-state index contributed by atoms with van der Waals surface area (Å²) in [7, 11) is 0. The van der Waals surface area contributed by atoms with Crippen LogP contribution >= 0.6 is 0 Å². The average Bonchev–Trinajstić information content (AvgIpc) is 2.47. The van der Waals surface area contributed by atoms with E-state index in [9.17, 15) is 4.79 Å². The maximum absolute atomic E-state index is 10.9. The zero-order chi connectivity index (χ0) is 15.7. The highest BCUT2D eigenvalue weighted by atomic mass is 16.4. The van der Waals surface area contributed by atoms with Crippen LogP contribution in [0.25, 0.3) is 0 Å². The van der Waals surface area contributed by atoms with E-state index in [1.165, 1.54) is 32.1 Å². The van der Waals surface area contributed by atoms with Gasteiger partial charge in [-0.05, 0) is 31.5 Å². The van der Waals surface area contributed by atoms with Crippen LogP contribution in [0.5, 0.6) is 0 Å². The molecule has 1 aromatic carbocycles. The topological polar surface area (TPSA) is 66.6 Å². The van der Waals surface area contributed by atoms with Crippen molar-refractivity contribution in [1.82, 2.24) is 0 Å². The van der Waals surface area contributed by atoms with Crippen LogP contribution in [-0.2, 0) is 0 Å². The third kappa shape index (κ3) is 5.66. The summed E-state index contributed by atoms with van der Waals surface area (Å²) in [6.45, 7) is 6.18. The molecule has 0 fully saturated rings. The van der Waals surface area contributed by atoms with Gasteiger partial charge in [0.1, 0.15) is 0 Å². The Hall–Kier alpha value is -1.71. The molecule has 0 aliphatic carbocycles. The summed E-state index contributed by atoms with van der Waals surface area (Å²) in [5, 5.41) is 8.97. The van der Waals surface area contributed by atoms with Gasteiger partial charge in [-0.3, -0.25) is 0 Å². The first-order chi connectivity index (χ1) is 10.1. The highest BCUT2D eigenvalue weighted by Gasteiger charge is 2.11. The smallest absolute Gasteiger partial charge is 0.335 e. The van der Waals surface area contributed by atoms with Gasteiger partial charge >= 0.3 is 5.97 Å². The second-order valence-corrected chi connectivity index (χ2v) is 5.43. The van der Waals surface area contributed by atoms with Crippen molar-refractivity contribution >= 4 is 17.3 Å². The Morgan fingerprint density at radius 1 is 1.14 bits per heavy atom. The van der Waals surface area contributed by atoms with Crippen molar-refractivity contribution < 1.29 is 9.90 Å². The molecule has 0 aromatic heterocycles. The molecule has 1 rings (SSSR count). The van der Waals surface area contributed by atoms with Crippen LogP contribution < -0.4 is 10.6 Å². The minimum atomic E-state index is -0.938. The van der Waals surface area contributed by atoms with Gasteiger partial charge in [0.25, 0.3) is 0 Å². The third-order valence-corrected chi connectivity index (χ3v) is 3.78. The van der Waals surface area contributed by atoms with E-state index >= 15 is 0 Å². The first kappa shape index (κ1) is 17.3. The van der Waals surface area contributed by atoms with E-state index in [4.69, 9.17) is 10.8 Å². The van der Waals surface area contributed by atoms with Crippen molar-refractivity contribution in [1.29, 1.82) is 0 Å². The Morgan fingerprint density at radius 3 is 2.38 bits per heavy atom. The molecule has 0 bridgehead atoms. The van der Waals surface area contributed by atoms with E-state index in [1.54, 1.807) is 12.1 Å². The Morgan fingerprint density at radius 2 is 1.81 bits per heavy atom. The molecule has 4 heteroatoms. The number of rotatable bonds is 10. The monoisotopic (exact) mass is 292 g/mol. The van der Waals surface area contributed by atoms with E-state index in [2.05, 4.69) is 18.7 Å². The van der Waals surface area contributed by atoms with E-state index in [1.807, 2.05) is 6.07 Å². The molecule has 0 aliphatic rings. The van der Waals surface area contributed by atoms with Crippen molar-refractivity contribution in [2.75, 3.05) is 23.7 Å². The molecule has 21 heavy (non-hydrogen) atoms. The van der Waals surface area contributed by atoms with Crippen LogP contribution in [0.3, 0.4) is 0 Å². The lowest BCUT2D eigenvalue weighted by atomic mass is 10.1. The summed E-state index contributed by atoms with van der Waals surface area (Å²) in [5.74, 6) is -0.938. The van der Waals surface area contributed by atoms with Gasteiger partial charge in [-0.25, -0.2) is 4.79 Å². The van der Waals surface area contributed by atoms with Gasteiger partial charge in [0.05, 0.1) is 16.9 Å². The standard InChI is InChI=1S/C17H28N2O2/c1-3-5-6-7-8-9-12-19(4-2)16-11-10-14(17(20)21)13-15(16)18/h10-11,13H,3-9,12,18H2,1-2H3,(H,20,21). The second kappa shape index (κ2) is 9.27. The molecule has 0 saturated heterocycles. The molecule has 0 heterocycles. The van der Waals surface area contributed by atoms with Crippen LogP contribution in [0.2, 0.25) is 0 Å². The predicted molar refractivity (Wildman–Crippen MR) is 89.1 cm³/mol. The number of hydrogen-bond acceptors (Lipinski definition) is 3. The second-order valence-electron chi connectivity index (χ2n) is 5.43. The fourth-order valence-electron chi connectivity index (χ4n) is 2.51. The number of nitrogens with zero attached hydrogens (tertiary/aromatic N) is 1. The summed E-state index contributed by atoms with van der Waals surface area (Å²) in [6, 6.07) is 4.98. The van der Waals surface area contributed by atoms with Crippen molar-refractivity contribution in [2.45, 2.75) is 52.4 Å². The largest absolute Gasteiger partial charge is 0.478 e. The Balaban J connectivity index is 2.54. The summed E-state index contributed by atoms with van der Waals surface area (Å²) >= 11 is 0. The normalized spacial score (nSPS) is 10.6. The summed E-state index contributed by atoms with van der Waals surface area (Å²) in [6.07, 6.45) is 7.59. The minimum Gasteiger partial charge on any atom is -0.478 e. The van der Waals surface area contributed by atoms with Gasteiger partial charge in [0.2, 0.25) is 0 Å². The molecule has 0 saturated carbocycles. The molecule has 0 spiro atoms. The van der Waals surface area contributed by atoms with E-state index in [0.717, 1.165) is 25.2 Å². The minimum absolute atomic E-state index is 0.242. The van der Waals surface area contributed by atoms with Gasteiger partial charge in [-0.15, -0.1) is 0 Å². The molecule has 0 aliphatic heterocycles. The van der Waals surface area contributed by atoms with Crippen LogP contribution in [0, 0.1) is 0 Å². The quantitative estimate of drug-likeness (QED) is 0.502. The fraction of sp³-hybridized carbons (Fsp3) is 0.588. The summed E-state index contributed by atoms with van der Waals surface area (Å²) in [4.78, 5) is 13.2. The molecular formula is C17H28N2O2. The van der Waals surface area contributed by atoms with Gasteiger partial charge in [0, 0.05) is 13.1 Å². The number of aromatic carboxylic acids is 1. The molecule has 3 N–H and O–H groups in total. The van der Waals surface area contributed by atoms with Gasteiger partial charge < -0.3 is 15.7 Å². The SMILES string of the molecule is CCCCCCCCN(CC)c1ccc(C(=O)O)cc1N. The molecule has 0 unspecified atom stereocenters. The number of unbranched alkanes of at least 4 members (excludes halogenated alkanes) is 5. The molecule has 0 atom stereocenters. The van der Waals surface area contributed by atoms with Crippen LogP contribution in [0.1, 0.15) is 62.7 Å². The number of carbonyl (C=O) groups is 1. The average molecular weight is 292 g/mol. The zero-order valence-corrected chi connectivity index (χ0v) is 13.3. The fourth-order valence-corrected chi connectivity index (χ4v) is 2.51. The van der Waals surface area contributed by atoms with Gasteiger partial charge in [-0.1, -0.05) is 39.0 Å².